The Bertz CT molecular complexity index is 597. The smallest absolute Gasteiger partial charge is 0.269 e. The maximum Gasteiger partial charge on any atom is 0.269 e. The molecular formula is C17H25N3O4. The third kappa shape index (κ3) is 5.01. The molecule has 7 nitrogen and oxygen atoms in total. The number of carbonyl (C=O) groups excluding carboxylic acids is 1. The van der Waals surface area contributed by atoms with Crippen molar-refractivity contribution in [3.05, 3.63) is 39.4 Å². The van der Waals surface area contributed by atoms with Crippen molar-refractivity contribution in [2.45, 2.75) is 32.8 Å². The lowest BCUT2D eigenvalue weighted by atomic mass is 9.99. The van der Waals surface area contributed by atoms with Crippen molar-refractivity contribution in [2.24, 2.45) is 5.92 Å². The number of nitro benzene ring substituents is 1. The van der Waals surface area contributed by atoms with Gasteiger partial charge in [0.15, 0.2) is 0 Å². The molecule has 24 heavy (non-hydrogen) atoms. The fourth-order valence-corrected chi connectivity index (χ4v) is 2.93. The average molecular weight is 335 g/mol. The van der Waals surface area contributed by atoms with Gasteiger partial charge in [0.2, 0.25) is 0 Å². The Kier molecular flexibility index (Phi) is 6.28. The van der Waals surface area contributed by atoms with Crippen LogP contribution in [0.4, 0.5) is 5.69 Å². The molecule has 0 saturated carbocycles. The number of likely N-dealkylation sites (tertiary alicyclic amines) is 1. The van der Waals surface area contributed by atoms with Crippen LogP contribution in [0, 0.1) is 23.0 Å². The fourth-order valence-electron chi connectivity index (χ4n) is 2.93. The second-order valence-corrected chi connectivity index (χ2v) is 6.60. The first-order valence-corrected chi connectivity index (χ1v) is 8.30. The van der Waals surface area contributed by atoms with E-state index in [9.17, 15) is 20.0 Å². The first kappa shape index (κ1) is 18.4. The summed E-state index contributed by atoms with van der Waals surface area (Å²) in [5.74, 6) is 0.414. The summed E-state index contributed by atoms with van der Waals surface area (Å²) in [6.45, 7) is 6.57. The van der Waals surface area contributed by atoms with Crippen molar-refractivity contribution in [2.75, 3.05) is 26.2 Å². The number of benzene rings is 1. The van der Waals surface area contributed by atoms with E-state index in [0.717, 1.165) is 31.8 Å². The molecule has 1 aromatic carbocycles. The number of hydrogen-bond donors (Lipinski definition) is 2. The van der Waals surface area contributed by atoms with Crippen LogP contribution in [0.2, 0.25) is 0 Å². The van der Waals surface area contributed by atoms with Gasteiger partial charge in [-0.15, -0.1) is 0 Å². The molecule has 1 saturated heterocycles. The number of hydrogen-bond acceptors (Lipinski definition) is 5. The topological polar surface area (TPSA) is 95.7 Å². The van der Waals surface area contributed by atoms with Crippen LogP contribution in [-0.4, -0.2) is 53.1 Å². The molecule has 1 aliphatic rings. The minimum Gasteiger partial charge on any atom is -0.390 e. The van der Waals surface area contributed by atoms with Crippen LogP contribution in [0.5, 0.6) is 0 Å². The number of rotatable bonds is 6. The molecule has 1 unspecified atom stereocenters. The summed E-state index contributed by atoms with van der Waals surface area (Å²) >= 11 is 0. The number of aliphatic hydroxyl groups excluding tert-OH is 1. The molecular weight excluding hydrogens is 310 g/mol. The number of β-amino-alcohol motifs (C(OH)–C–C–N with tert-alkyl or cyclic N) is 1. The van der Waals surface area contributed by atoms with Gasteiger partial charge in [0.1, 0.15) is 0 Å². The number of aliphatic hydroxyl groups is 1. The zero-order valence-corrected chi connectivity index (χ0v) is 14.2. The molecule has 0 aliphatic carbocycles. The van der Waals surface area contributed by atoms with Crippen LogP contribution >= 0.6 is 0 Å². The van der Waals surface area contributed by atoms with Gasteiger partial charge in [-0.3, -0.25) is 14.9 Å². The Labute approximate surface area is 141 Å². The third-order valence-corrected chi connectivity index (χ3v) is 4.51. The number of nitro groups is 1. The number of aryl methyl sites for hydroxylation is 1. The molecule has 1 aliphatic heterocycles. The summed E-state index contributed by atoms with van der Waals surface area (Å²) < 4.78 is 0. The Morgan fingerprint density at radius 3 is 2.71 bits per heavy atom. The highest BCUT2D eigenvalue weighted by molar-refractivity contribution is 5.95. The molecule has 132 valence electrons. The number of nitrogens with one attached hydrogen (secondary N) is 1. The van der Waals surface area contributed by atoms with Crippen LogP contribution in [0.1, 0.15) is 35.7 Å². The van der Waals surface area contributed by atoms with Crippen LogP contribution in [0.25, 0.3) is 0 Å². The van der Waals surface area contributed by atoms with E-state index in [0.29, 0.717) is 17.7 Å². The van der Waals surface area contributed by atoms with Gasteiger partial charge in [0.25, 0.3) is 11.6 Å². The van der Waals surface area contributed by atoms with Crippen molar-refractivity contribution < 1.29 is 14.8 Å². The van der Waals surface area contributed by atoms with E-state index < -0.39 is 11.0 Å². The number of non-ortho nitro benzene ring substituents is 1. The van der Waals surface area contributed by atoms with Crippen molar-refractivity contribution >= 4 is 11.6 Å². The van der Waals surface area contributed by atoms with Crippen LogP contribution < -0.4 is 5.32 Å². The summed E-state index contributed by atoms with van der Waals surface area (Å²) in [6, 6.07) is 4.13. The van der Waals surface area contributed by atoms with E-state index in [4.69, 9.17) is 0 Å². The van der Waals surface area contributed by atoms with E-state index in [1.807, 2.05) is 0 Å². The molecule has 2 rings (SSSR count). The molecule has 1 atom stereocenters. The first-order valence-electron chi connectivity index (χ1n) is 8.30. The molecule has 1 amide bonds. The number of piperidine rings is 1. The molecule has 0 aromatic heterocycles. The summed E-state index contributed by atoms with van der Waals surface area (Å²) in [5, 5.41) is 23.5. The SMILES string of the molecule is Cc1cc([N+](=O)[O-])ccc1C(=O)NCC(O)CN1CCC(C)CC1. The summed E-state index contributed by atoms with van der Waals surface area (Å²) in [4.78, 5) is 24.6. The van der Waals surface area contributed by atoms with Gasteiger partial charge < -0.3 is 15.3 Å². The molecule has 0 bridgehead atoms. The minimum absolute atomic E-state index is 0.0385. The number of carbonyl (C=O) groups is 1. The van der Waals surface area contributed by atoms with Gasteiger partial charge in [-0.25, -0.2) is 0 Å². The van der Waals surface area contributed by atoms with Gasteiger partial charge >= 0.3 is 0 Å². The number of nitrogens with zero attached hydrogens (tertiary/aromatic N) is 2. The lowest BCUT2D eigenvalue weighted by Crippen LogP contribution is -2.43. The van der Waals surface area contributed by atoms with E-state index in [1.54, 1.807) is 6.92 Å². The van der Waals surface area contributed by atoms with Gasteiger partial charge in [0, 0.05) is 30.8 Å². The molecule has 0 spiro atoms. The summed E-state index contributed by atoms with van der Waals surface area (Å²) in [7, 11) is 0. The van der Waals surface area contributed by atoms with Crippen LogP contribution in [0.15, 0.2) is 18.2 Å². The van der Waals surface area contributed by atoms with Gasteiger partial charge in [0.05, 0.1) is 11.0 Å². The molecule has 7 heteroatoms. The lowest BCUT2D eigenvalue weighted by Gasteiger charge is -2.31. The molecule has 1 heterocycles. The van der Waals surface area contributed by atoms with Crippen molar-refractivity contribution in [1.29, 1.82) is 0 Å². The first-order chi connectivity index (χ1) is 11.4. The third-order valence-electron chi connectivity index (χ3n) is 4.51. The molecule has 2 N–H and O–H groups in total. The summed E-state index contributed by atoms with van der Waals surface area (Å²) in [6.07, 6.45) is 1.66. The van der Waals surface area contributed by atoms with Crippen molar-refractivity contribution in [3.8, 4) is 0 Å². The van der Waals surface area contributed by atoms with E-state index in [1.165, 1.54) is 18.2 Å². The number of amides is 1. The van der Waals surface area contributed by atoms with Crippen LogP contribution in [-0.2, 0) is 0 Å². The van der Waals surface area contributed by atoms with Crippen LogP contribution in [0.3, 0.4) is 0 Å². The maximum atomic E-state index is 12.2. The predicted octanol–water partition coefficient (Wildman–Crippen LogP) is 1.73. The highest BCUT2D eigenvalue weighted by Crippen LogP contribution is 2.17. The van der Waals surface area contributed by atoms with E-state index >= 15 is 0 Å². The molecule has 0 radical (unpaired) electrons. The summed E-state index contributed by atoms with van der Waals surface area (Å²) in [5.41, 5.74) is 0.893. The lowest BCUT2D eigenvalue weighted by molar-refractivity contribution is -0.384. The van der Waals surface area contributed by atoms with Crippen molar-refractivity contribution in [3.63, 3.8) is 0 Å². The predicted molar refractivity (Wildman–Crippen MR) is 91.0 cm³/mol. The quantitative estimate of drug-likeness (QED) is 0.610. The second kappa shape index (κ2) is 8.21. The van der Waals surface area contributed by atoms with Gasteiger partial charge in [-0.1, -0.05) is 6.92 Å². The van der Waals surface area contributed by atoms with Gasteiger partial charge in [-0.05, 0) is 50.4 Å². The van der Waals surface area contributed by atoms with E-state index in [2.05, 4.69) is 17.1 Å². The van der Waals surface area contributed by atoms with Crippen molar-refractivity contribution in [1.82, 2.24) is 10.2 Å². The Hall–Kier alpha value is -1.99. The monoisotopic (exact) mass is 335 g/mol. The zero-order chi connectivity index (χ0) is 17.7. The maximum absolute atomic E-state index is 12.2. The normalized spacial score (nSPS) is 17.5. The van der Waals surface area contributed by atoms with Gasteiger partial charge in [-0.2, -0.15) is 0 Å². The Balaban J connectivity index is 1.83. The zero-order valence-electron chi connectivity index (χ0n) is 14.2. The molecule has 1 fully saturated rings. The molecule has 1 aromatic rings. The largest absolute Gasteiger partial charge is 0.390 e. The minimum atomic E-state index is -0.624. The highest BCUT2D eigenvalue weighted by Gasteiger charge is 2.19. The average Bonchev–Trinajstić information content (AvgIpc) is 2.54. The Morgan fingerprint density at radius 1 is 1.46 bits per heavy atom. The second-order valence-electron chi connectivity index (χ2n) is 6.60. The Morgan fingerprint density at radius 2 is 2.12 bits per heavy atom. The standard InChI is InChI=1S/C17H25N3O4/c1-12-5-7-19(8-6-12)11-15(21)10-18-17(22)16-4-3-14(20(23)24)9-13(16)2/h3-4,9,12,15,21H,5-8,10-11H2,1-2H3,(H,18,22). The fraction of sp³-hybridized carbons (Fsp3) is 0.588. The van der Waals surface area contributed by atoms with E-state index in [-0.39, 0.29) is 18.1 Å². The highest BCUT2D eigenvalue weighted by atomic mass is 16.6.